The van der Waals surface area contributed by atoms with Gasteiger partial charge in [-0.1, -0.05) is 12.8 Å². The monoisotopic (exact) mass is 466 g/mol. The van der Waals surface area contributed by atoms with Gasteiger partial charge in [-0.05, 0) is 78.7 Å². The van der Waals surface area contributed by atoms with Crippen molar-refractivity contribution in [1.29, 1.82) is 0 Å². The summed E-state index contributed by atoms with van der Waals surface area (Å²) in [5, 5.41) is 0. The van der Waals surface area contributed by atoms with Crippen LogP contribution in [0.2, 0.25) is 0 Å². The molecule has 0 rings (SSSR count). The number of thioether (sulfide) groups is 1. The number of unbranched alkanes of at least 4 members (excludes halogenated alkanes) is 4. The maximum atomic E-state index is 5.79. The van der Waals surface area contributed by atoms with Gasteiger partial charge in [-0.2, -0.15) is 11.8 Å². The zero-order chi connectivity index (χ0) is 23.3. The van der Waals surface area contributed by atoms with Crippen LogP contribution >= 0.6 is 11.8 Å². The molecular formula is C24H50O6S. The average molecular weight is 467 g/mol. The fraction of sp³-hybridized carbons (Fsp3) is 1.00. The van der Waals surface area contributed by atoms with Crippen LogP contribution in [0.4, 0.5) is 0 Å². The molecule has 0 spiro atoms. The second-order valence-electron chi connectivity index (χ2n) is 7.20. The molecule has 31 heavy (non-hydrogen) atoms. The van der Waals surface area contributed by atoms with Gasteiger partial charge >= 0.3 is 0 Å². The van der Waals surface area contributed by atoms with Gasteiger partial charge in [0.2, 0.25) is 0 Å². The molecule has 0 unspecified atom stereocenters. The summed E-state index contributed by atoms with van der Waals surface area (Å²) in [4.78, 5) is 0. The van der Waals surface area contributed by atoms with Crippen molar-refractivity contribution < 1.29 is 28.4 Å². The van der Waals surface area contributed by atoms with Gasteiger partial charge in [-0.15, -0.1) is 0 Å². The van der Waals surface area contributed by atoms with Crippen molar-refractivity contribution in [3.63, 3.8) is 0 Å². The first kappa shape index (κ1) is 31.1. The molecule has 0 aliphatic heterocycles. The molecule has 0 radical (unpaired) electrons. The summed E-state index contributed by atoms with van der Waals surface area (Å²) < 4.78 is 34.7. The van der Waals surface area contributed by atoms with Crippen LogP contribution in [0.25, 0.3) is 0 Å². The first-order chi connectivity index (χ1) is 15.1. The van der Waals surface area contributed by atoms with Gasteiger partial charge in [0, 0.05) is 52.5 Å². The summed E-state index contributed by atoms with van der Waals surface area (Å²) in [6.45, 7) is 15.4. The summed E-state index contributed by atoms with van der Waals surface area (Å²) in [7, 11) is 0. The minimum absolute atomic E-state index is 0.594. The molecule has 0 N–H and O–H groups in total. The topological polar surface area (TPSA) is 55.4 Å². The largest absolute Gasteiger partial charge is 0.328 e. The van der Waals surface area contributed by atoms with E-state index in [0.717, 1.165) is 25.7 Å². The highest BCUT2D eigenvalue weighted by Crippen LogP contribution is 2.25. The summed E-state index contributed by atoms with van der Waals surface area (Å²) in [6.07, 6.45) is 8.44. The molecule has 0 aromatic heterocycles. The van der Waals surface area contributed by atoms with Crippen LogP contribution < -0.4 is 0 Å². The Labute approximate surface area is 196 Å². The lowest BCUT2D eigenvalue weighted by molar-refractivity contribution is -0.380. The molecular weight excluding hydrogens is 416 g/mol. The fourth-order valence-electron chi connectivity index (χ4n) is 3.55. The molecule has 0 atom stereocenters. The average Bonchev–Trinajstić information content (AvgIpc) is 2.73. The van der Waals surface area contributed by atoms with Crippen LogP contribution in [0.15, 0.2) is 0 Å². The highest BCUT2D eigenvalue weighted by atomic mass is 32.2. The molecule has 0 aromatic carbocycles. The highest BCUT2D eigenvalue weighted by Gasteiger charge is 2.32. The molecule has 0 aliphatic rings. The van der Waals surface area contributed by atoms with Crippen LogP contribution in [0, 0.1) is 0 Å². The molecule has 0 amide bonds. The van der Waals surface area contributed by atoms with E-state index in [4.69, 9.17) is 28.4 Å². The highest BCUT2D eigenvalue weighted by molar-refractivity contribution is 7.99. The summed E-state index contributed by atoms with van der Waals surface area (Å²) >= 11 is 2.04. The van der Waals surface area contributed by atoms with E-state index in [1.165, 1.54) is 37.2 Å². The molecule has 0 aromatic rings. The molecule has 7 heteroatoms. The number of ether oxygens (including phenoxy) is 6. The van der Waals surface area contributed by atoms with Gasteiger partial charge in [-0.25, -0.2) is 0 Å². The summed E-state index contributed by atoms with van der Waals surface area (Å²) in [6, 6.07) is 0. The van der Waals surface area contributed by atoms with Crippen LogP contribution in [0.1, 0.15) is 92.9 Å². The molecule has 6 nitrogen and oxygen atoms in total. The van der Waals surface area contributed by atoms with Crippen LogP contribution in [0.5, 0.6) is 0 Å². The number of rotatable bonds is 24. The van der Waals surface area contributed by atoms with Gasteiger partial charge in [0.15, 0.2) is 0 Å². The Balaban J connectivity index is 3.91. The van der Waals surface area contributed by atoms with Crippen LogP contribution in [0.3, 0.4) is 0 Å². The third-order valence-electron chi connectivity index (χ3n) is 4.73. The van der Waals surface area contributed by atoms with Gasteiger partial charge in [0.1, 0.15) is 0 Å². The lowest BCUT2D eigenvalue weighted by atomic mass is 10.2. The van der Waals surface area contributed by atoms with E-state index in [-0.39, 0.29) is 0 Å². The smallest absolute Gasteiger partial charge is 0.282 e. The molecule has 0 aliphatic carbocycles. The molecule has 0 heterocycles. The maximum Gasteiger partial charge on any atom is 0.282 e. The van der Waals surface area contributed by atoms with Crippen molar-refractivity contribution in [2.24, 2.45) is 0 Å². The zero-order valence-electron chi connectivity index (χ0n) is 21.2. The molecule has 0 saturated heterocycles. The molecule has 0 bridgehead atoms. The minimum Gasteiger partial charge on any atom is -0.328 e. The molecule has 188 valence electrons. The fourth-order valence-corrected chi connectivity index (χ4v) is 4.57. The quantitative estimate of drug-likeness (QED) is 0.121. The Morgan fingerprint density at radius 2 is 0.710 bits per heavy atom. The van der Waals surface area contributed by atoms with Crippen molar-refractivity contribution >= 4 is 11.8 Å². The lowest BCUT2D eigenvalue weighted by Crippen LogP contribution is -2.39. The first-order valence-corrected chi connectivity index (χ1v) is 13.6. The van der Waals surface area contributed by atoms with Crippen molar-refractivity contribution in [3.05, 3.63) is 0 Å². The minimum atomic E-state index is -0.856. The van der Waals surface area contributed by atoms with E-state index >= 15 is 0 Å². The number of hydrogen-bond acceptors (Lipinski definition) is 7. The molecule has 0 fully saturated rings. The van der Waals surface area contributed by atoms with Crippen molar-refractivity contribution in [3.8, 4) is 0 Å². The Morgan fingerprint density at radius 3 is 0.968 bits per heavy atom. The third-order valence-corrected chi connectivity index (χ3v) is 5.88. The van der Waals surface area contributed by atoms with E-state index in [0.29, 0.717) is 39.6 Å². The lowest BCUT2D eigenvalue weighted by Gasteiger charge is -2.32. The first-order valence-electron chi connectivity index (χ1n) is 12.5. The van der Waals surface area contributed by atoms with Crippen LogP contribution in [-0.2, 0) is 28.4 Å². The van der Waals surface area contributed by atoms with Crippen LogP contribution in [-0.4, -0.2) is 63.1 Å². The van der Waals surface area contributed by atoms with E-state index in [2.05, 4.69) is 0 Å². The third kappa shape index (κ3) is 14.8. The van der Waals surface area contributed by atoms with Crippen molar-refractivity contribution in [1.82, 2.24) is 0 Å². The SMILES string of the molecule is CCOC(CCCCCSCCCCCC(OCC)(OCC)OCC)(OCC)OCC. The zero-order valence-corrected chi connectivity index (χ0v) is 22.0. The Morgan fingerprint density at radius 1 is 0.419 bits per heavy atom. The number of hydrogen-bond donors (Lipinski definition) is 0. The van der Waals surface area contributed by atoms with Gasteiger partial charge in [0.25, 0.3) is 11.9 Å². The maximum absolute atomic E-state index is 5.79. The van der Waals surface area contributed by atoms with E-state index in [9.17, 15) is 0 Å². The Kier molecular flexibility index (Phi) is 20.8. The Bertz CT molecular complexity index is 315. The predicted molar refractivity (Wildman–Crippen MR) is 129 cm³/mol. The molecule has 0 saturated carbocycles. The van der Waals surface area contributed by atoms with E-state index < -0.39 is 11.9 Å². The van der Waals surface area contributed by atoms with Crippen molar-refractivity contribution in [2.45, 2.75) is 105 Å². The van der Waals surface area contributed by atoms with Gasteiger partial charge in [-0.3, -0.25) is 0 Å². The van der Waals surface area contributed by atoms with Gasteiger partial charge in [0.05, 0.1) is 0 Å². The Hall–Kier alpha value is 0.110. The summed E-state index contributed by atoms with van der Waals surface area (Å²) in [5.41, 5.74) is 0. The second kappa shape index (κ2) is 20.7. The second-order valence-corrected chi connectivity index (χ2v) is 8.42. The van der Waals surface area contributed by atoms with Crippen molar-refractivity contribution in [2.75, 3.05) is 51.1 Å². The normalized spacial score (nSPS) is 12.6. The van der Waals surface area contributed by atoms with E-state index in [1.807, 2.05) is 53.3 Å². The van der Waals surface area contributed by atoms with Gasteiger partial charge < -0.3 is 28.4 Å². The summed E-state index contributed by atoms with van der Waals surface area (Å²) in [5.74, 6) is 0.688. The van der Waals surface area contributed by atoms with E-state index in [1.54, 1.807) is 0 Å². The predicted octanol–water partition coefficient (Wildman–Crippen LogP) is 6.37. The standard InChI is InChI=1S/C24H50O6S/c1-7-25-23(26-8-2,27-9-3)19-15-13-17-21-31-22-18-14-16-20-24(28-10-4,29-11-5)30-12-6/h7-22H2,1-6H3.